The molecule has 2 amide bonds. The van der Waals surface area contributed by atoms with E-state index in [0.717, 1.165) is 22.4 Å². The summed E-state index contributed by atoms with van der Waals surface area (Å²) in [5.74, 6) is 0. The van der Waals surface area contributed by atoms with Crippen molar-refractivity contribution in [2.75, 3.05) is 22.7 Å². The minimum Gasteiger partial charge on any atom is -0.338 e. The monoisotopic (exact) mass is 373 g/mol. The maximum atomic E-state index is 12.8. The number of sulfonamides is 1. The van der Waals surface area contributed by atoms with E-state index in [0.29, 0.717) is 25.2 Å². The van der Waals surface area contributed by atoms with Gasteiger partial charge in [-0.05, 0) is 62.6 Å². The van der Waals surface area contributed by atoms with E-state index in [1.165, 1.54) is 0 Å². The lowest BCUT2D eigenvalue weighted by atomic mass is 10.1. The molecule has 1 aliphatic rings. The van der Waals surface area contributed by atoms with Gasteiger partial charge in [0.15, 0.2) is 0 Å². The van der Waals surface area contributed by atoms with Gasteiger partial charge in [-0.1, -0.05) is 17.7 Å². The zero-order valence-electron chi connectivity index (χ0n) is 15.2. The van der Waals surface area contributed by atoms with Crippen LogP contribution in [0.25, 0.3) is 0 Å². The highest BCUT2D eigenvalue weighted by Gasteiger charge is 2.26. The first-order chi connectivity index (χ1) is 12.3. The minimum absolute atomic E-state index is 0.157. The van der Waals surface area contributed by atoms with Crippen LogP contribution in [0, 0.1) is 13.8 Å². The van der Waals surface area contributed by atoms with Crippen molar-refractivity contribution in [1.82, 2.24) is 5.32 Å². The fourth-order valence-electron chi connectivity index (χ4n) is 3.13. The number of hydrogen-bond acceptors (Lipinski definition) is 3. The van der Waals surface area contributed by atoms with Crippen LogP contribution in [0.15, 0.2) is 41.3 Å². The van der Waals surface area contributed by atoms with E-state index in [2.05, 4.69) is 10.0 Å². The van der Waals surface area contributed by atoms with Crippen molar-refractivity contribution in [2.45, 2.75) is 32.1 Å². The molecule has 1 aliphatic heterocycles. The van der Waals surface area contributed by atoms with Crippen molar-refractivity contribution in [3.05, 3.63) is 53.1 Å². The number of aryl methyl sites for hydroxylation is 2. The Labute approximate surface area is 154 Å². The number of carbonyl (C=O) groups excluding carboxylic acids is 1. The number of benzene rings is 2. The Kier molecular flexibility index (Phi) is 4.91. The number of nitrogens with zero attached hydrogens (tertiary/aromatic N) is 1. The molecule has 138 valence electrons. The molecular weight excluding hydrogens is 350 g/mol. The maximum absolute atomic E-state index is 12.8. The number of nitrogens with one attached hydrogen (secondary N) is 2. The summed E-state index contributed by atoms with van der Waals surface area (Å²) >= 11 is 0. The molecule has 0 radical (unpaired) electrons. The first kappa shape index (κ1) is 18.3. The van der Waals surface area contributed by atoms with Crippen molar-refractivity contribution < 1.29 is 13.2 Å². The molecule has 0 bridgehead atoms. The van der Waals surface area contributed by atoms with Crippen LogP contribution in [0.1, 0.15) is 23.6 Å². The van der Waals surface area contributed by atoms with Gasteiger partial charge in [0, 0.05) is 18.8 Å². The van der Waals surface area contributed by atoms with Gasteiger partial charge in [-0.15, -0.1) is 0 Å². The highest BCUT2D eigenvalue weighted by atomic mass is 32.2. The van der Waals surface area contributed by atoms with Gasteiger partial charge in [0.25, 0.3) is 10.0 Å². The van der Waals surface area contributed by atoms with Crippen molar-refractivity contribution >= 4 is 27.4 Å². The van der Waals surface area contributed by atoms with E-state index in [1.807, 2.05) is 32.9 Å². The zero-order chi connectivity index (χ0) is 18.9. The number of amides is 2. The van der Waals surface area contributed by atoms with Gasteiger partial charge in [-0.2, -0.15) is 0 Å². The molecule has 0 saturated carbocycles. The number of urea groups is 1. The SMILES string of the molecule is CCNC(=O)N1CCc2cc(S(=O)(=O)Nc3ccc(C)cc3C)ccc21. The Bertz CT molecular complexity index is 954. The van der Waals surface area contributed by atoms with Crippen LogP contribution in [-0.4, -0.2) is 27.5 Å². The molecule has 2 N–H and O–H groups in total. The quantitative estimate of drug-likeness (QED) is 0.864. The van der Waals surface area contributed by atoms with Crippen LogP contribution in [0.5, 0.6) is 0 Å². The largest absolute Gasteiger partial charge is 0.338 e. The molecule has 0 unspecified atom stereocenters. The normalized spacial score (nSPS) is 13.4. The van der Waals surface area contributed by atoms with Crippen molar-refractivity contribution in [2.24, 2.45) is 0 Å². The number of rotatable bonds is 4. The summed E-state index contributed by atoms with van der Waals surface area (Å²) < 4.78 is 28.2. The van der Waals surface area contributed by atoms with Gasteiger partial charge in [-0.3, -0.25) is 9.62 Å². The van der Waals surface area contributed by atoms with E-state index >= 15 is 0 Å². The first-order valence-electron chi connectivity index (χ1n) is 8.60. The topological polar surface area (TPSA) is 78.5 Å². The summed E-state index contributed by atoms with van der Waals surface area (Å²) in [6, 6.07) is 10.3. The summed E-state index contributed by atoms with van der Waals surface area (Å²) in [5.41, 5.74) is 4.15. The Hall–Kier alpha value is -2.54. The third-order valence-corrected chi connectivity index (χ3v) is 5.82. The predicted octanol–water partition coefficient (Wildman–Crippen LogP) is 3.20. The highest BCUT2D eigenvalue weighted by molar-refractivity contribution is 7.92. The Balaban J connectivity index is 1.87. The van der Waals surface area contributed by atoms with Gasteiger partial charge in [0.2, 0.25) is 0 Å². The molecule has 0 aromatic heterocycles. The lowest BCUT2D eigenvalue weighted by Crippen LogP contribution is -2.38. The molecule has 0 spiro atoms. The van der Waals surface area contributed by atoms with Gasteiger partial charge < -0.3 is 5.32 Å². The average molecular weight is 373 g/mol. The molecule has 7 heteroatoms. The van der Waals surface area contributed by atoms with E-state index < -0.39 is 10.0 Å². The lowest BCUT2D eigenvalue weighted by Gasteiger charge is -2.18. The maximum Gasteiger partial charge on any atom is 0.321 e. The molecule has 2 aromatic carbocycles. The second kappa shape index (κ2) is 6.99. The van der Waals surface area contributed by atoms with Crippen LogP contribution in [0.4, 0.5) is 16.2 Å². The number of hydrogen-bond donors (Lipinski definition) is 2. The fraction of sp³-hybridized carbons (Fsp3) is 0.316. The second-order valence-corrected chi connectivity index (χ2v) is 8.13. The Morgan fingerprint density at radius 1 is 1.15 bits per heavy atom. The molecule has 0 atom stereocenters. The van der Waals surface area contributed by atoms with Gasteiger partial charge in [-0.25, -0.2) is 13.2 Å². The first-order valence-corrected chi connectivity index (χ1v) is 10.1. The molecule has 2 aromatic rings. The van der Waals surface area contributed by atoms with Gasteiger partial charge in [0.1, 0.15) is 0 Å². The third-order valence-electron chi connectivity index (χ3n) is 4.46. The van der Waals surface area contributed by atoms with Gasteiger partial charge in [0.05, 0.1) is 10.6 Å². The molecule has 6 nitrogen and oxygen atoms in total. The molecule has 0 fully saturated rings. The zero-order valence-corrected chi connectivity index (χ0v) is 16.0. The standard InChI is InChI=1S/C19H23N3O3S/c1-4-20-19(23)22-10-9-15-12-16(6-8-18(15)22)26(24,25)21-17-7-5-13(2)11-14(17)3/h5-8,11-12,21H,4,9-10H2,1-3H3,(H,20,23). The summed E-state index contributed by atoms with van der Waals surface area (Å²) in [5, 5.41) is 2.77. The van der Waals surface area contributed by atoms with Gasteiger partial charge >= 0.3 is 6.03 Å². The Morgan fingerprint density at radius 2 is 1.92 bits per heavy atom. The number of carbonyl (C=O) groups is 1. The summed E-state index contributed by atoms with van der Waals surface area (Å²) in [6.07, 6.45) is 0.638. The van der Waals surface area contributed by atoms with Crippen LogP contribution in [-0.2, 0) is 16.4 Å². The fourth-order valence-corrected chi connectivity index (χ4v) is 4.32. The van der Waals surface area contributed by atoms with E-state index in [9.17, 15) is 13.2 Å². The van der Waals surface area contributed by atoms with Crippen molar-refractivity contribution in [3.63, 3.8) is 0 Å². The molecule has 0 saturated heterocycles. The molecule has 1 heterocycles. The van der Waals surface area contributed by atoms with E-state index in [1.54, 1.807) is 29.2 Å². The molecular formula is C19H23N3O3S. The third kappa shape index (κ3) is 3.53. The van der Waals surface area contributed by atoms with Crippen molar-refractivity contribution in [1.29, 1.82) is 0 Å². The van der Waals surface area contributed by atoms with Crippen LogP contribution >= 0.6 is 0 Å². The summed E-state index contributed by atoms with van der Waals surface area (Å²) in [4.78, 5) is 13.9. The molecule has 3 rings (SSSR count). The predicted molar refractivity (Wildman–Crippen MR) is 103 cm³/mol. The summed E-state index contributed by atoms with van der Waals surface area (Å²) in [7, 11) is -3.69. The van der Waals surface area contributed by atoms with E-state index in [4.69, 9.17) is 0 Å². The highest BCUT2D eigenvalue weighted by Crippen LogP contribution is 2.31. The Morgan fingerprint density at radius 3 is 2.62 bits per heavy atom. The minimum atomic E-state index is -3.69. The van der Waals surface area contributed by atoms with Crippen LogP contribution in [0.3, 0.4) is 0 Å². The van der Waals surface area contributed by atoms with Crippen LogP contribution < -0.4 is 14.9 Å². The smallest absolute Gasteiger partial charge is 0.321 e. The van der Waals surface area contributed by atoms with E-state index in [-0.39, 0.29) is 10.9 Å². The number of fused-ring (bicyclic) bond motifs is 1. The number of anilines is 2. The summed E-state index contributed by atoms with van der Waals surface area (Å²) in [6.45, 7) is 6.80. The lowest BCUT2D eigenvalue weighted by molar-refractivity contribution is 0.247. The van der Waals surface area contributed by atoms with Crippen molar-refractivity contribution in [3.8, 4) is 0 Å². The molecule has 26 heavy (non-hydrogen) atoms. The average Bonchev–Trinajstić information content (AvgIpc) is 3.01. The second-order valence-electron chi connectivity index (χ2n) is 6.45. The molecule has 0 aliphatic carbocycles. The van der Waals surface area contributed by atoms with Crippen LogP contribution in [0.2, 0.25) is 0 Å².